The minimum absolute atomic E-state index is 0.163. The molecule has 13 aromatic rings. The number of fused-ring (bicyclic) bond motifs is 14. The molecule has 0 radical (unpaired) electrons. The average Bonchev–Trinajstić information content (AvgIpc) is 1.78. The van der Waals surface area contributed by atoms with Gasteiger partial charge in [0.25, 0.3) is 13.4 Å². The summed E-state index contributed by atoms with van der Waals surface area (Å²) in [6.07, 6.45) is 0. The molecule has 0 spiro atoms. The van der Waals surface area contributed by atoms with Crippen molar-refractivity contribution >= 4 is 125 Å². The van der Waals surface area contributed by atoms with Crippen LogP contribution in [-0.4, -0.2) is 13.4 Å². The van der Waals surface area contributed by atoms with E-state index in [0.717, 1.165) is 113 Å². The van der Waals surface area contributed by atoms with Crippen molar-refractivity contribution in [3.05, 3.63) is 302 Å². The van der Waals surface area contributed by atoms with Crippen molar-refractivity contribution in [2.24, 2.45) is 0 Å². The molecule has 8 heteroatoms. The molecule has 408 valence electrons. The van der Waals surface area contributed by atoms with E-state index in [4.69, 9.17) is 9.47 Å². The third-order valence-corrected chi connectivity index (χ3v) is 18.8. The first-order valence-corrected chi connectivity index (χ1v) is 30.1. The van der Waals surface area contributed by atoms with Crippen LogP contribution in [0.4, 0.5) is 68.2 Å². The van der Waals surface area contributed by atoms with Crippen LogP contribution in [0.25, 0.3) is 21.9 Å². The van der Waals surface area contributed by atoms with Gasteiger partial charge in [0.15, 0.2) is 0 Å². The van der Waals surface area contributed by atoms with Crippen molar-refractivity contribution < 1.29 is 9.47 Å². The van der Waals surface area contributed by atoms with Crippen LogP contribution < -0.4 is 61.9 Å². The summed E-state index contributed by atoms with van der Waals surface area (Å²) in [4.78, 5) is 9.68. The van der Waals surface area contributed by atoms with Gasteiger partial charge in [-0.05, 0) is 188 Å². The summed E-state index contributed by atoms with van der Waals surface area (Å²) in [6, 6.07) is 106. The standard InChI is InChI=1S/C79H54B2N4O2/c1-79(2)63-47-59(83(54-29-13-5-14-30-54)55-31-15-6-16-32-55)42-44-61(63)62-48-73-76-77(74(62)79)85(57-35-19-8-20-36-57)69-40-24-22-38-65(69)81(76)66-49-67-72(50-71(66)86-73)87-78-60-43-41-58(82(52-25-9-3-10-26-52)53-27-11-4-12-28-53)45-51(60)46-70-75(78)80(67)64-37-21-23-39-68(64)84(70)56-33-17-7-18-34-56/h3-50H,1-2H3. The molecule has 0 atom stereocenters. The molecule has 0 saturated carbocycles. The molecule has 4 aliphatic heterocycles. The number of nitrogens with zero attached hydrogens (tertiary/aromatic N) is 4. The Morgan fingerprint density at radius 1 is 0.345 bits per heavy atom. The van der Waals surface area contributed by atoms with Gasteiger partial charge in [-0.1, -0.05) is 172 Å². The fourth-order valence-electron chi connectivity index (χ4n) is 15.2. The normalized spacial score (nSPS) is 13.8. The van der Waals surface area contributed by atoms with E-state index in [-0.39, 0.29) is 13.4 Å². The number of ether oxygens (including phenoxy) is 2. The number of hydrogen-bond acceptors (Lipinski definition) is 6. The molecule has 13 aromatic carbocycles. The highest BCUT2D eigenvalue weighted by atomic mass is 16.5. The molecule has 0 N–H and O–H groups in total. The Balaban J connectivity index is 0.852. The Morgan fingerprint density at radius 3 is 1.39 bits per heavy atom. The molecule has 0 amide bonds. The number of hydrogen-bond donors (Lipinski definition) is 0. The van der Waals surface area contributed by atoms with Crippen molar-refractivity contribution in [2.75, 3.05) is 19.6 Å². The van der Waals surface area contributed by atoms with E-state index in [1.54, 1.807) is 0 Å². The van der Waals surface area contributed by atoms with Crippen molar-refractivity contribution in [1.82, 2.24) is 0 Å². The Hall–Kier alpha value is -11.0. The first-order valence-electron chi connectivity index (χ1n) is 30.1. The van der Waals surface area contributed by atoms with Crippen LogP contribution in [0.15, 0.2) is 291 Å². The van der Waals surface area contributed by atoms with Gasteiger partial charge in [-0.25, -0.2) is 0 Å². The Morgan fingerprint density at radius 2 is 0.816 bits per heavy atom. The minimum Gasteiger partial charge on any atom is -0.458 e. The van der Waals surface area contributed by atoms with Gasteiger partial charge < -0.3 is 29.1 Å². The lowest BCUT2D eigenvalue weighted by molar-refractivity contribution is 0.468. The highest BCUT2D eigenvalue weighted by Crippen LogP contribution is 2.58. The van der Waals surface area contributed by atoms with E-state index in [1.165, 1.54) is 44.3 Å². The van der Waals surface area contributed by atoms with Gasteiger partial charge in [0.1, 0.15) is 23.0 Å². The topological polar surface area (TPSA) is 31.4 Å². The van der Waals surface area contributed by atoms with Crippen molar-refractivity contribution in [1.29, 1.82) is 0 Å². The first-order chi connectivity index (χ1) is 42.9. The lowest BCUT2D eigenvalue weighted by Crippen LogP contribution is -2.63. The second-order valence-corrected chi connectivity index (χ2v) is 23.9. The second kappa shape index (κ2) is 19.0. The third-order valence-electron chi connectivity index (χ3n) is 18.8. The molecule has 0 aromatic heterocycles. The van der Waals surface area contributed by atoms with Gasteiger partial charge in [-0.2, -0.15) is 0 Å². The van der Waals surface area contributed by atoms with Crippen LogP contribution in [-0.2, 0) is 5.41 Å². The van der Waals surface area contributed by atoms with E-state index in [0.29, 0.717) is 0 Å². The third kappa shape index (κ3) is 7.37. The molecule has 18 rings (SSSR count). The Kier molecular flexibility index (Phi) is 10.8. The van der Waals surface area contributed by atoms with Crippen LogP contribution in [0, 0.1) is 0 Å². The monoisotopic (exact) mass is 1110 g/mol. The fraction of sp³-hybridized carbons (Fsp3) is 0.0380. The maximum atomic E-state index is 7.62. The number of benzene rings is 13. The average molecular weight is 1110 g/mol. The zero-order valence-electron chi connectivity index (χ0n) is 48.0. The molecule has 0 saturated heterocycles. The van der Waals surface area contributed by atoms with Crippen LogP contribution >= 0.6 is 0 Å². The van der Waals surface area contributed by atoms with E-state index < -0.39 is 5.41 Å². The van der Waals surface area contributed by atoms with Gasteiger partial charge in [0.2, 0.25) is 0 Å². The summed E-state index contributed by atoms with van der Waals surface area (Å²) in [5, 5.41) is 2.13. The van der Waals surface area contributed by atoms with Crippen LogP contribution in [0.2, 0.25) is 0 Å². The van der Waals surface area contributed by atoms with Crippen LogP contribution in [0.1, 0.15) is 25.0 Å². The largest absolute Gasteiger partial charge is 0.458 e. The number of anilines is 12. The quantitative estimate of drug-likeness (QED) is 0.141. The van der Waals surface area contributed by atoms with Gasteiger partial charge in [0, 0.05) is 85.1 Å². The highest BCUT2D eigenvalue weighted by molar-refractivity contribution is 7.02. The zero-order valence-corrected chi connectivity index (χ0v) is 48.0. The van der Waals surface area contributed by atoms with E-state index >= 15 is 0 Å². The molecule has 0 unspecified atom stereocenters. The van der Waals surface area contributed by atoms with Gasteiger partial charge >= 0.3 is 0 Å². The SMILES string of the molecule is CC1(C)c2cc(N(c3ccccc3)c3ccccc3)ccc2-c2cc3c4c(c21)N(c1ccccc1)c1ccccc1B4c1cc2c(cc1O3)Oc1c3c(cc4cc(N(c5ccccc5)c5ccccc5)ccc14)N(c1ccccc1)c1ccccc1B23. The van der Waals surface area contributed by atoms with Gasteiger partial charge in [-0.15, -0.1) is 0 Å². The number of para-hydroxylation sites is 8. The Labute approximate surface area is 507 Å². The predicted octanol–water partition coefficient (Wildman–Crippen LogP) is 16.9. The molecule has 0 bridgehead atoms. The fourth-order valence-corrected chi connectivity index (χ4v) is 15.2. The summed E-state index contributed by atoms with van der Waals surface area (Å²) >= 11 is 0. The summed E-state index contributed by atoms with van der Waals surface area (Å²) < 4.78 is 15.2. The van der Waals surface area contributed by atoms with Gasteiger partial charge in [0.05, 0.1) is 0 Å². The maximum absolute atomic E-state index is 7.62. The molecular formula is C79H54B2N4O2. The summed E-state index contributed by atoms with van der Waals surface area (Å²) in [6.45, 7) is 4.51. The van der Waals surface area contributed by atoms with Gasteiger partial charge in [-0.3, -0.25) is 0 Å². The molecule has 1 aliphatic carbocycles. The van der Waals surface area contributed by atoms with E-state index in [2.05, 4.69) is 325 Å². The number of rotatable bonds is 8. The predicted molar refractivity (Wildman–Crippen MR) is 363 cm³/mol. The lowest BCUT2D eigenvalue weighted by Gasteiger charge is -2.44. The molecule has 0 fully saturated rings. The smallest absolute Gasteiger partial charge is 0.256 e. The molecule has 5 aliphatic rings. The second-order valence-electron chi connectivity index (χ2n) is 23.9. The van der Waals surface area contributed by atoms with Crippen molar-refractivity contribution in [2.45, 2.75) is 19.3 Å². The van der Waals surface area contributed by atoms with Crippen LogP contribution in [0.5, 0.6) is 23.0 Å². The maximum Gasteiger partial charge on any atom is 0.256 e. The van der Waals surface area contributed by atoms with Crippen molar-refractivity contribution in [3.8, 4) is 34.1 Å². The Bertz CT molecular complexity index is 4850. The highest BCUT2D eigenvalue weighted by Gasteiger charge is 2.51. The summed E-state index contributed by atoms with van der Waals surface area (Å²) in [5.41, 5.74) is 24.9. The first kappa shape index (κ1) is 49.5. The van der Waals surface area contributed by atoms with E-state index in [9.17, 15) is 0 Å². The zero-order chi connectivity index (χ0) is 57.5. The summed E-state index contributed by atoms with van der Waals surface area (Å²) in [5.74, 6) is 3.32. The van der Waals surface area contributed by atoms with Crippen molar-refractivity contribution in [3.63, 3.8) is 0 Å². The van der Waals surface area contributed by atoms with E-state index in [1.807, 2.05) is 0 Å². The molecule has 87 heavy (non-hydrogen) atoms. The minimum atomic E-state index is -0.431. The molecule has 4 heterocycles. The lowest BCUT2D eigenvalue weighted by atomic mass is 9.31. The molecular weight excluding hydrogens is 1060 g/mol. The van der Waals surface area contributed by atoms with Crippen LogP contribution in [0.3, 0.4) is 0 Å². The molecule has 6 nitrogen and oxygen atoms in total. The summed E-state index contributed by atoms with van der Waals surface area (Å²) in [7, 11) is 0.